The highest BCUT2D eigenvalue weighted by molar-refractivity contribution is 6.31. The molecule has 6 heteroatoms. The first-order chi connectivity index (χ1) is 10.8. The predicted molar refractivity (Wildman–Crippen MR) is 102 cm³/mol. The number of rotatable bonds is 1. The molecule has 24 heavy (non-hydrogen) atoms. The number of benzene rings is 2. The van der Waals surface area contributed by atoms with Crippen LogP contribution in [0.5, 0.6) is 0 Å². The SMILES string of the molecule is Cl.Cl.O=C1NCCN2C[C@H](c3ccccc3)c3cccc(Cl)c3[C@@H]12. The number of hydrogen-bond acceptors (Lipinski definition) is 2. The molecule has 0 unspecified atom stereocenters. The van der Waals surface area contributed by atoms with E-state index in [2.05, 4.69) is 40.5 Å². The number of carbonyl (C=O) groups excluding carboxylic acids is 1. The fourth-order valence-corrected chi connectivity index (χ4v) is 3.96. The fourth-order valence-electron chi connectivity index (χ4n) is 3.67. The van der Waals surface area contributed by atoms with Gasteiger partial charge in [-0.3, -0.25) is 9.69 Å². The maximum Gasteiger partial charge on any atom is 0.242 e. The second-order valence-corrected chi connectivity index (χ2v) is 6.30. The van der Waals surface area contributed by atoms with Gasteiger partial charge in [-0.15, -0.1) is 24.8 Å². The molecule has 2 aromatic rings. The van der Waals surface area contributed by atoms with E-state index >= 15 is 0 Å². The van der Waals surface area contributed by atoms with Crippen LogP contribution < -0.4 is 5.32 Å². The van der Waals surface area contributed by atoms with Gasteiger partial charge in [0.05, 0.1) is 0 Å². The zero-order valence-corrected chi connectivity index (χ0v) is 15.3. The highest BCUT2D eigenvalue weighted by Crippen LogP contribution is 2.43. The monoisotopic (exact) mass is 384 g/mol. The number of fused-ring (bicyclic) bond motifs is 3. The molecule has 2 aliphatic rings. The van der Waals surface area contributed by atoms with Gasteiger partial charge >= 0.3 is 0 Å². The number of carbonyl (C=O) groups is 1. The van der Waals surface area contributed by atoms with Crippen molar-refractivity contribution in [2.45, 2.75) is 12.0 Å². The molecule has 2 aliphatic heterocycles. The fraction of sp³-hybridized carbons (Fsp3) is 0.278. The van der Waals surface area contributed by atoms with Crippen LogP contribution in [0.25, 0.3) is 0 Å². The Kier molecular flexibility index (Phi) is 6.16. The summed E-state index contributed by atoms with van der Waals surface area (Å²) in [5.41, 5.74) is 3.42. The summed E-state index contributed by atoms with van der Waals surface area (Å²) >= 11 is 6.47. The third-order valence-corrected chi connectivity index (χ3v) is 5.00. The first-order valence-corrected chi connectivity index (χ1v) is 7.98. The lowest BCUT2D eigenvalue weighted by Crippen LogP contribution is -2.53. The van der Waals surface area contributed by atoms with Crippen molar-refractivity contribution in [1.82, 2.24) is 10.2 Å². The van der Waals surface area contributed by atoms with E-state index in [1.807, 2.05) is 18.2 Å². The van der Waals surface area contributed by atoms with Crippen LogP contribution in [0.4, 0.5) is 0 Å². The van der Waals surface area contributed by atoms with Gasteiger partial charge in [0.25, 0.3) is 0 Å². The molecule has 2 heterocycles. The summed E-state index contributed by atoms with van der Waals surface area (Å²) in [6, 6.07) is 16.2. The molecule has 2 atom stereocenters. The molecule has 1 fully saturated rings. The third-order valence-electron chi connectivity index (χ3n) is 4.67. The van der Waals surface area contributed by atoms with Crippen molar-refractivity contribution in [3.63, 3.8) is 0 Å². The molecule has 3 nitrogen and oxygen atoms in total. The first-order valence-electron chi connectivity index (χ1n) is 7.60. The third kappa shape index (κ3) is 3.14. The molecule has 128 valence electrons. The van der Waals surface area contributed by atoms with Crippen molar-refractivity contribution in [3.05, 3.63) is 70.2 Å². The lowest BCUT2D eigenvalue weighted by Gasteiger charge is -2.43. The van der Waals surface area contributed by atoms with E-state index in [1.165, 1.54) is 11.1 Å². The number of nitrogens with one attached hydrogen (secondary N) is 1. The molecule has 0 spiro atoms. The van der Waals surface area contributed by atoms with Crippen molar-refractivity contribution >= 4 is 42.3 Å². The second kappa shape index (κ2) is 7.75. The zero-order chi connectivity index (χ0) is 15.1. The van der Waals surface area contributed by atoms with Crippen LogP contribution in [0, 0.1) is 0 Å². The van der Waals surface area contributed by atoms with Crippen molar-refractivity contribution in [2.24, 2.45) is 0 Å². The number of halogens is 3. The molecule has 0 aromatic heterocycles. The van der Waals surface area contributed by atoms with Gasteiger partial charge < -0.3 is 5.32 Å². The van der Waals surface area contributed by atoms with Crippen LogP contribution in [0.2, 0.25) is 5.02 Å². The molecule has 0 radical (unpaired) electrons. The Morgan fingerprint density at radius 2 is 1.79 bits per heavy atom. The van der Waals surface area contributed by atoms with Crippen LogP contribution in [0.3, 0.4) is 0 Å². The number of hydrogen-bond donors (Lipinski definition) is 1. The van der Waals surface area contributed by atoms with Gasteiger partial charge in [0.15, 0.2) is 0 Å². The Bertz CT molecular complexity index is 723. The van der Waals surface area contributed by atoms with Crippen LogP contribution in [-0.4, -0.2) is 30.4 Å². The Morgan fingerprint density at radius 1 is 1.04 bits per heavy atom. The summed E-state index contributed by atoms with van der Waals surface area (Å²) in [5, 5.41) is 3.65. The minimum absolute atomic E-state index is 0. The van der Waals surface area contributed by atoms with Gasteiger partial charge in [0, 0.05) is 36.1 Å². The van der Waals surface area contributed by atoms with Gasteiger partial charge in [0.2, 0.25) is 5.91 Å². The van der Waals surface area contributed by atoms with E-state index in [0.717, 1.165) is 18.7 Å². The largest absolute Gasteiger partial charge is 0.353 e. The molecular weight excluding hydrogens is 367 g/mol. The van der Waals surface area contributed by atoms with Gasteiger partial charge in [-0.2, -0.15) is 0 Å². The van der Waals surface area contributed by atoms with Crippen molar-refractivity contribution < 1.29 is 4.79 Å². The maximum atomic E-state index is 12.4. The quantitative estimate of drug-likeness (QED) is 0.810. The van der Waals surface area contributed by atoms with E-state index in [-0.39, 0.29) is 42.7 Å². The number of piperazine rings is 1. The minimum atomic E-state index is -0.252. The van der Waals surface area contributed by atoms with Crippen LogP contribution in [0.15, 0.2) is 48.5 Å². The van der Waals surface area contributed by atoms with Gasteiger partial charge in [-0.1, -0.05) is 54.1 Å². The highest BCUT2D eigenvalue weighted by Gasteiger charge is 2.40. The minimum Gasteiger partial charge on any atom is -0.353 e. The Hall–Kier alpha value is -1.26. The van der Waals surface area contributed by atoms with E-state index in [4.69, 9.17) is 11.6 Å². The van der Waals surface area contributed by atoms with Crippen LogP contribution >= 0.6 is 36.4 Å². The zero-order valence-electron chi connectivity index (χ0n) is 12.9. The summed E-state index contributed by atoms with van der Waals surface area (Å²) in [6.07, 6.45) is 0. The Morgan fingerprint density at radius 3 is 2.54 bits per heavy atom. The molecule has 0 saturated carbocycles. The average Bonchev–Trinajstić information content (AvgIpc) is 2.55. The Labute approximate surface area is 159 Å². The van der Waals surface area contributed by atoms with E-state index in [1.54, 1.807) is 0 Å². The molecule has 1 N–H and O–H groups in total. The second-order valence-electron chi connectivity index (χ2n) is 5.89. The number of amides is 1. The van der Waals surface area contributed by atoms with E-state index in [9.17, 15) is 4.79 Å². The average molecular weight is 386 g/mol. The molecule has 1 saturated heterocycles. The van der Waals surface area contributed by atoms with E-state index < -0.39 is 0 Å². The summed E-state index contributed by atoms with van der Waals surface area (Å²) in [4.78, 5) is 14.6. The maximum absolute atomic E-state index is 12.4. The highest BCUT2D eigenvalue weighted by atomic mass is 35.5. The predicted octanol–water partition coefficient (Wildman–Crippen LogP) is 3.80. The molecule has 0 aliphatic carbocycles. The van der Waals surface area contributed by atoms with Gasteiger partial charge in [0.1, 0.15) is 6.04 Å². The summed E-state index contributed by atoms with van der Waals surface area (Å²) < 4.78 is 0. The van der Waals surface area contributed by atoms with Gasteiger partial charge in [-0.05, 0) is 17.2 Å². The molecule has 4 rings (SSSR count). The normalized spacial score (nSPS) is 22.3. The van der Waals surface area contributed by atoms with Crippen LogP contribution in [0.1, 0.15) is 28.7 Å². The van der Waals surface area contributed by atoms with E-state index in [0.29, 0.717) is 11.6 Å². The van der Waals surface area contributed by atoms with Crippen molar-refractivity contribution in [1.29, 1.82) is 0 Å². The standard InChI is InChI=1S/C18H17ClN2O.2ClH/c19-15-8-4-7-13-14(12-5-2-1-3-6-12)11-21-10-9-20-18(22)17(21)16(13)15;;/h1-8,14,17H,9-11H2,(H,20,22);2*1H/t14-,17+;;/m1../s1. The molecule has 0 bridgehead atoms. The smallest absolute Gasteiger partial charge is 0.242 e. The lowest BCUT2D eigenvalue weighted by molar-refractivity contribution is -0.129. The summed E-state index contributed by atoms with van der Waals surface area (Å²) in [5.74, 6) is 0.323. The summed E-state index contributed by atoms with van der Waals surface area (Å²) in [7, 11) is 0. The molecular formula is C18H19Cl3N2O. The van der Waals surface area contributed by atoms with Crippen molar-refractivity contribution in [3.8, 4) is 0 Å². The van der Waals surface area contributed by atoms with Crippen LogP contribution in [-0.2, 0) is 4.79 Å². The van der Waals surface area contributed by atoms with Gasteiger partial charge in [-0.25, -0.2) is 0 Å². The summed E-state index contributed by atoms with van der Waals surface area (Å²) in [6.45, 7) is 2.43. The van der Waals surface area contributed by atoms with Crippen molar-refractivity contribution in [2.75, 3.05) is 19.6 Å². The first kappa shape index (κ1) is 19.1. The lowest BCUT2D eigenvalue weighted by atomic mass is 9.80. The molecule has 1 amide bonds. The number of nitrogens with zero attached hydrogens (tertiary/aromatic N) is 1. The topological polar surface area (TPSA) is 32.3 Å². The Balaban J connectivity index is 0.00000104. The molecule has 2 aromatic carbocycles.